The van der Waals surface area contributed by atoms with Gasteiger partial charge in [0.25, 0.3) is 0 Å². The van der Waals surface area contributed by atoms with Crippen molar-refractivity contribution in [3.63, 3.8) is 0 Å². The van der Waals surface area contributed by atoms with E-state index in [0.29, 0.717) is 25.6 Å². The van der Waals surface area contributed by atoms with Crippen molar-refractivity contribution in [2.45, 2.75) is 25.3 Å². The number of amides is 1. The molecule has 0 unspecified atom stereocenters. The Labute approximate surface area is 149 Å². The second-order valence-corrected chi connectivity index (χ2v) is 9.51. The SMILES string of the molecule is CS(=O)(=O)N1C[C@H]2CC[C@@H](C1)N(CC(=O)N1CCc3ccccc31)C2. The minimum absolute atomic E-state index is 0.128. The minimum Gasteiger partial charge on any atom is -0.311 e. The van der Waals surface area contributed by atoms with Gasteiger partial charge in [0, 0.05) is 37.9 Å². The summed E-state index contributed by atoms with van der Waals surface area (Å²) in [4.78, 5) is 17.0. The predicted molar refractivity (Wildman–Crippen MR) is 97.0 cm³/mol. The maximum absolute atomic E-state index is 12.9. The quantitative estimate of drug-likeness (QED) is 0.802. The van der Waals surface area contributed by atoms with Crippen LogP contribution in [-0.4, -0.2) is 68.6 Å². The van der Waals surface area contributed by atoms with Crippen LogP contribution in [0.3, 0.4) is 0 Å². The van der Waals surface area contributed by atoms with Gasteiger partial charge in [0.2, 0.25) is 15.9 Å². The van der Waals surface area contributed by atoms with Crippen LogP contribution in [0.15, 0.2) is 24.3 Å². The lowest BCUT2D eigenvalue weighted by atomic mass is 9.95. The minimum atomic E-state index is -3.17. The highest BCUT2D eigenvalue weighted by Crippen LogP contribution is 2.31. The molecule has 3 saturated heterocycles. The molecular formula is C18H25N3O3S. The van der Waals surface area contributed by atoms with E-state index in [9.17, 15) is 13.2 Å². The summed E-state index contributed by atoms with van der Waals surface area (Å²) in [5.41, 5.74) is 2.27. The summed E-state index contributed by atoms with van der Waals surface area (Å²) < 4.78 is 25.5. The summed E-state index contributed by atoms with van der Waals surface area (Å²) in [6, 6.07) is 8.24. The molecule has 0 aliphatic carbocycles. The first-order valence-corrected chi connectivity index (χ1v) is 10.8. The van der Waals surface area contributed by atoms with Crippen LogP contribution < -0.4 is 4.90 Å². The standard InChI is InChI=1S/C18H25N3O3S/c1-25(23,24)20-11-14-6-7-16(12-20)19(10-14)13-18(22)21-9-8-15-4-2-3-5-17(15)21/h2-5,14,16H,6-13H2,1H3/t14-,16-/m0/s1. The molecule has 0 saturated carbocycles. The Morgan fingerprint density at radius 3 is 2.76 bits per heavy atom. The molecule has 4 aliphatic heterocycles. The number of nitrogens with zero attached hydrogens (tertiary/aromatic N) is 3. The Kier molecular flexibility index (Phi) is 4.33. The normalized spacial score (nSPS) is 27.3. The van der Waals surface area contributed by atoms with E-state index < -0.39 is 10.0 Å². The van der Waals surface area contributed by atoms with Gasteiger partial charge in [0.15, 0.2) is 0 Å². The number of piperidine rings is 1. The van der Waals surface area contributed by atoms with E-state index in [-0.39, 0.29) is 11.9 Å². The van der Waals surface area contributed by atoms with Gasteiger partial charge in [-0.2, -0.15) is 0 Å². The van der Waals surface area contributed by atoms with Crippen LogP contribution in [-0.2, 0) is 21.2 Å². The van der Waals surface area contributed by atoms with E-state index in [2.05, 4.69) is 11.0 Å². The number of carbonyl (C=O) groups excluding carboxylic acids is 1. The zero-order valence-corrected chi connectivity index (χ0v) is 15.4. The lowest BCUT2D eigenvalue weighted by molar-refractivity contribution is -0.120. The second kappa shape index (κ2) is 6.37. The number of fused-ring (bicyclic) bond motifs is 5. The number of hydrogen-bond acceptors (Lipinski definition) is 4. The van der Waals surface area contributed by atoms with E-state index >= 15 is 0 Å². The summed E-state index contributed by atoms with van der Waals surface area (Å²) in [6.07, 6.45) is 4.22. The second-order valence-electron chi connectivity index (χ2n) is 7.53. The molecule has 4 heterocycles. The number of rotatable bonds is 3. The lowest BCUT2D eigenvalue weighted by Crippen LogP contribution is -2.49. The van der Waals surface area contributed by atoms with E-state index in [1.807, 2.05) is 23.1 Å². The highest BCUT2D eigenvalue weighted by molar-refractivity contribution is 7.88. The predicted octanol–water partition coefficient (Wildman–Crippen LogP) is 0.932. The zero-order chi connectivity index (χ0) is 17.6. The van der Waals surface area contributed by atoms with E-state index in [4.69, 9.17) is 0 Å². The van der Waals surface area contributed by atoms with E-state index in [1.165, 1.54) is 11.8 Å². The molecule has 4 aliphatic rings. The fourth-order valence-corrected chi connectivity index (χ4v) is 5.38. The van der Waals surface area contributed by atoms with Crippen molar-refractivity contribution in [2.24, 2.45) is 5.92 Å². The van der Waals surface area contributed by atoms with Crippen molar-refractivity contribution in [1.29, 1.82) is 0 Å². The Balaban J connectivity index is 1.48. The molecule has 0 N–H and O–H groups in total. The van der Waals surface area contributed by atoms with Crippen LogP contribution in [0.4, 0.5) is 5.69 Å². The molecule has 2 bridgehead atoms. The van der Waals surface area contributed by atoms with Crippen molar-refractivity contribution in [3.8, 4) is 0 Å². The fraction of sp³-hybridized carbons (Fsp3) is 0.611. The van der Waals surface area contributed by atoms with E-state index in [1.54, 1.807) is 4.31 Å². The summed E-state index contributed by atoms with van der Waals surface area (Å²) >= 11 is 0. The zero-order valence-electron chi connectivity index (χ0n) is 14.6. The molecule has 25 heavy (non-hydrogen) atoms. The fourth-order valence-electron chi connectivity index (χ4n) is 4.46. The number of para-hydroxylation sites is 1. The van der Waals surface area contributed by atoms with Crippen molar-refractivity contribution >= 4 is 21.6 Å². The highest BCUT2D eigenvalue weighted by Gasteiger charge is 2.39. The Morgan fingerprint density at radius 1 is 1.16 bits per heavy atom. The highest BCUT2D eigenvalue weighted by atomic mass is 32.2. The van der Waals surface area contributed by atoms with Gasteiger partial charge in [-0.25, -0.2) is 12.7 Å². The topological polar surface area (TPSA) is 60.9 Å². The van der Waals surface area contributed by atoms with Crippen LogP contribution in [0, 0.1) is 5.92 Å². The van der Waals surface area contributed by atoms with Gasteiger partial charge in [-0.05, 0) is 36.8 Å². The average molecular weight is 363 g/mol. The number of sulfonamides is 1. The Morgan fingerprint density at radius 2 is 1.96 bits per heavy atom. The first-order valence-electron chi connectivity index (χ1n) is 8.99. The number of carbonyl (C=O) groups is 1. The molecule has 0 radical (unpaired) electrons. The molecule has 6 nitrogen and oxygen atoms in total. The van der Waals surface area contributed by atoms with E-state index in [0.717, 1.165) is 38.0 Å². The van der Waals surface area contributed by atoms with Crippen molar-refractivity contribution in [3.05, 3.63) is 29.8 Å². The van der Waals surface area contributed by atoms with Crippen molar-refractivity contribution in [2.75, 3.05) is 43.9 Å². The molecule has 2 atom stereocenters. The maximum Gasteiger partial charge on any atom is 0.241 e. The summed E-state index contributed by atoms with van der Waals surface area (Å²) in [5, 5.41) is 0. The summed E-state index contributed by atoms with van der Waals surface area (Å²) in [6.45, 7) is 3.05. The summed E-state index contributed by atoms with van der Waals surface area (Å²) in [7, 11) is -3.17. The number of benzene rings is 1. The molecule has 1 aromatic rings. The van der Waals surface area contributed by atoms with Gasteiger partial charge in [0.1, 0.15) is 0 Å². The van der Waals surface area contributed by atoms with Crippen molar-refractivity contribution < 1.29 is 13.2 Å². The smallest absolute Gasteiger partial charge is 0.241 e. The third-order valence-corrected chi connectivity index (χ3v) is 7.03. The first-order chi connectivity index (χ1) is 11.9. The Bertz CT molecular complexity index is 780. The molecule has 1 amide bonds. The van der Waals surface area contributed by atoms with Gasteiger partial charge in [-0.1, -0.05) is 18.2 Å². The summed E-state index contributed by atoms with van der Waals surface area (Å²) in [5.74, 6) is 0.454. The monoisotopic (exact) mass is 363 g/mol. The number of anilines is 1. The van der Waals surface area contributed by atoms with Crippen LogP contribution in [0.25, 0.3) is 0 Å². The van der Waals surface area contributed by atoms with Gasteiger partial charge >= 0.3 is 0 Å². The molecular weight excluding hydrogens is 338 g/mol. The van der Waals surface area contributed by atoms with Crippen LogP contribution >= 0.6 is 0 Å². The molecule has 3 fully saturated rings. The molecule has 1 aromatic carbocycles. The third kappa shape index (κ3) is 3.32. The Hall–Kier alpha value is -1.44. The average Bonchev–Trinajstić information content (AvgIpc) is 2.77. The maximum atomic E-state index is 12.9. The van der Waals surface area contributed by atoms with Gasteiger partial charge < -0.3 is 4.90 Å². The molecule has 0 spiro atoms. The molecule has 7 heteroatoms. The van der Waals surface area contributed by atoms with Crippen LogP contribution in [0.1, 0.15) is 18.4 Å². The molecule has 5 rings (SSSR count). The third-order valence-electron chi connectivity index (χ3n) is 5.79. The first kappa shape index (κ1) is 17.0. The van der Waals surface area contributed by atoms with Gasteiger partial charge in [-0.3, -0.25) is 9.69 Å². The van der Waals surface area contributed by atoms with Crippen LogP contribution in [0.5, 0.6) is 0 Å². The van der Waals surface area contributed by atoms with Gasteiger partial charge in [0.05, 0.1) is 12.8 Å². The van der Waals surface area contributed by atoms with Crippen LogP contribution in [0.2, 0.25) is 0 Å². The lowest BCUT2D eigenvalue weighted by Gasteiger charge is -2.36. The number of hydrogen-bond donors (Lipinski definition) is 0. The molecule has 0 aromatic heterocycles. The van der Waals surface area contributed by atoms with Crippen molar-refractivity contribution in [1.82, 2.24) is 9.21 Å². The molecule has 136 valence electrons. The largest absolute Gasteiger partial charge is 0.311 e. The van der Waals surface area contributed by atoms with Gasteiger partial charge in [-0.15, -0.1) is 0 Å².